The van der Waals surface area contributed by atoms with E-state index in [9.17, 15) is 9.59 Å². The van der Waals surface area contributed by atoms with Gasteiger partial charge in [-0.05, 0) is 86.4 Å². The molecule has 2 aromatic carbocycles. The zero-order valence-corrected chi connectivity index (χ0v) is 21.7. The maximum atomic E-state index is 12.6. The van der Waals surface area contributed by atoms with Gasteiger partial charge in [0.05, 0.1) is 5.92 Å². The average Bonchev–Trinajstić information content (AvgIpc) is 2.91. The third kappa shape index (κ3) is 9.79. The van der Waals surface area contributed by atoms with Gasteiger partial charge < -0.3 is 20.9 Å². The van der Waals surface area contributed by atoms with Crippen molar-refractivity contribution in [2.75, 3.05) is 11.5 Å². The molecule has 0 heterocycles. The number of allylic oxidation sites excluding steroid dienone is 1. The number of anilines is 2. The van der Waals surface area contributed by atoms with Gasteiger partial charge in [0.1, 0.15) is 12.4 Å². The van der Waals surface area contributed by atoms with Crippen LogP contribution in [0, 0.1) is 11.8 Å². The van der Waals surface area contributed by atoms with Crippen LogP contribution in [0.15, 0.2) is 61.2 Å². The molecule has 3 rings (SSSR count). The molecule has 198 valence electrons. The third-order valence-electron chi connectivity index (χ3n) is 7.00. The number of nitrogens with two attached hydrogens (primary N) is 2. The van der Waals surface area contributed by atoms with E-state index in [1.54, 1.807) is 48.5 Å². The molecular weight excluding hydrogens is 464 g/mol. The number of rotatable bonds is 13. The van der Waals surface area contributed by atoms with Crippen LogP contribution in [0.25, 0.3) is 6.08 Å². The highest BCUT2D eigenvalue weighted by molar-refractivity contribution is 5.87. The molecule has 0 aromatic heterocycles. The summed E-state index contributed by atoms with van der Waals surface area (Å²) < 4.78 is 10.9. The summed E-state index contributed by atoms with van der Waals surface area (Å²) in [6.07, 6.45) is 16.5. The van der Waals surface area contributed by atoms with Crippen LogP contribution in [0.2, 0.25) is 0 Å². The van der Waals surface area contributed by atoms with Crippen molar-refractivity contribution in [1.82, 2.24) is 0 Å². The molecule has 1 aliphatic carbocycles. The second-order valence-corrected chi connectivity index (χ2v) is 9.89. The zero-order chi connectivity index (χ0) is 26.5. The Balaban J connectivity index is 1.36. The Kier molecular flexibility index (Phi) is 11.3. The van der Waals surface area contributed by atoms with Crippen LogP contribution in [-0.2, 0) is 20.9 Å². The third-order valence-corrected chi connectivity index (χ3v) is 7.00. The molecule has 6 nitrogen and oxygen atoms in total. The van der Waals surface area contributed by atoms with E-state index in [-0.39, 0.29) is 18.5 Å². The summed E-state index contributed by atoms with van der Waals surface area (Å²) in [5, 5.41) is 0. The van der Waals surface area contributed by atoms with Crippen LogP contribution in [0.5, 0.6) is 5.75 Å². The number of carbonyl (C=O) groups excluding carboxylic acids is 2. The van der Waals surface area contributed by atoms with Crippen molar-refractivity contribution in [1.29, 1.82) is 0 Å². The standard InChI is InChI=1S/C31H40N2O4/c1-2-3-4-5-6-7-8-23-9-14-25(15-10-23)31(35)37-28-17-11-24(12-18-28)13-20-30(34)36-22-26-21-27(32)16-19-29(26)33/h2,11-13,16-21,23,25H,1,3-10,14-15,22,32-33H2. The van der Waals surface area contributed by atoms with Crippen molar-refractivity contribution in [2.45, 2.75) is 70.8 Å². The Morgan fingerprint density at radius 3 is 2.41 bits per heavy atom. The van der Waals surface area contributed by atoms with E-state index in [0.717, 1.165) is 43.6 Å². The fraction of sp³-hybridized carbons (Fsp3) is 0.419. The highest BCUT2D eigenvalue weighted by Gasteiger charge is 2.27. The lowest BCUT2D eigenvalue weighted by Crippen LogP contribution is -2.25. The molecule has 0 saturated heterocycles. The Morgan fingerprint density at radius 1 is 0.946 bits per heavy atom. The smallest absolute Gasteiger partial charge is 0.331 e. The number of benzene rings is 2. The predicted octanol–water partition coefficient (Wildman–Crippen LogP) is 6.85. The van der Waals surface area contributed by atoms with Gasteiger partial charge in [0.25, 0.3) is 0 Å². The Bertz CT molecular complexity index is 1050. The molecule has 0 atom stereocenters. The summed E-state index contributed by atoms with van der Waals surface area (Å²) in [6, 6.07) is 12.2. The first-order valence-electron chi connectivity index (χ1n) is 13.4. The minimum atomic E-state index is -0.486. The lowest BCUT2D eigenvalue weighted by Gasteiger charge is -2.27. The van der Waals surface area contributed by atoms with Crippen LogP contribution in [0.3, 0.4) is 0 Å². The quantitative estimate of drug-likeness (QED) is 0.0772. The van der Waals surface area contributed by atoms with Crippen molar-refractivity contribution in [3.8, 4) is 5.75 Å². The average molecular weight is 505 g/mol. The molecule has 1 fully saturated rings. The van der Waals surface area contributed by atoms with E-state index in [4.69, 9.17) is 20.9 Å². The van der Waals surface area contributed by atoms with E-state index < -0.39 is 5.97 Å². The van der Waals surface area contributed by atoms with Gasteiger partial charge in [-0.2, -0.15) is 0 Å². The van der Waals surface area contributed by atoms with Crippen molar-refractivity contribution >= 4 is 29.4 Å². The second kappa shape index (κ2) is 14.9. The van der Waals surface area contributed by atoms with Crippen LogP contribution < -0.4 is 16.2 Å². The number of nitrogen functional groups attached to an aromatic ring is 2. The molecular formula is C31H40N2O4. The first kappa shape index (κ1) is 28.0. The fourth-order valence-electron chi connectivity index (χ4n) is 4.72. The first-order chi connectivity index (χ1) is 17.9. The molecule has 0 unspecified atom stereocenters. The molecule has 0 radical (unpaired) electrons. The molecule has 37 heavy (non-hydrogen) atoms. The van der Waals surface area contributed by atoms with Gasteiger partial charge in [-0.3, -0.25) is 4.79 Å². The van der Waals surface area contributed by atoms with Gasteiger partial charge in [-0.15, -0.1) is 6.58 Å². The van der Waals surface area contributed by atoms with Gasteiger partial charge in [-0.1, -0.05) is 43.9 Å². The highest BCUT2D eigenvalue weighted by atomic mass is 16.5. The molecule has 2 aromatic rings. The number of hydrogen-bond acceptors (Lipinski definition) is 6. The summed E-state index contributed by atoms with van der Waals surface area (Å²) in [7, 11) is 0. The SMILES string of the molecule is C=CCCCCCCC1CCC(C(=O)Oc2ccc(C=CC(=O)OCc3cc(N)ccc3N)cc2)CC1. The van der Waals surface area contributed by atoms with Crippen molar-refractivity contribution in [3.63, 3.8) is 0 Å². The molecule has 0 bridgehead atoms. The number of carbonyl (C=O) groups is 2. The molecule has 1 saturated carbocycles. The summed E-state index contributed by atoms with van der Waals surface area (Å²) >= 11 is 0. The van der Waals surface area contributed by atoms with Crippen molar-refractivity contribution < 1.29 is 19.1 Å². The Hall–Kier alpha value is -3.54. The van der Waals surface area contributed by atoms with Gasteiger partial charge >= 0.3 is 11.9 Å². The monoisotopic (exact) mass is 504 g/mol. The summed E-state index contributed by atoms with van der Waals surface area (Å²) in [6.45, 7) is 3.82. The van der Waals surface area contributed by atoms with Crippen molar-refractivity contribution in [2.24, 2.45) is 11.8 Å². The normalized spacial score (nSPS) is 17.4. The maximum absolute atomic E-state index is 12.6. The van der Waals surface area contributed by atoms with Crippen LogP contribution in [0.1, 0.15) is 75.3 Å². The van der Waals surface area contributed by atoms with E-state index >= 15 is 0 Å². The largest absolute Gasteiger partial charge is 0.458 e. The van der Waals surface area contributed by atoms with Gasteiger partial charge in [0.15, 0.2) is 0 Å². The molecule has 0 spiro atoms. The van der Waals surface area contributed by atoms with Gasteiger partial charge in [-0.25, -0.2) is 4.79 Å². The van der Waals surface area contributed by atoms with Crippen LogP contribution >= 0.6 is 0 Å². The lowest BCUT2D eigenvalue weighted by molar-refractivity contribution is -0.140. The fourth-order valence-corrected chi connectivity index (χ4v) is 4.72. The van der Waals surface area contributed by atoms with Crippen molar-refractivity contribution in [3.05, 3.63) is 72.3 Å². The predicted molar refractivity (Wildman–Crippen MR) is 150 cm³/mol. The van der Waals surface area contributed by atoms with Gasteiger partial charge in [0.2, 0.25) is 0 Å². The number of hydrogen-bond donors (Lipinski definition) is 2. The summed E-state index contributed by atoms with van der Waals surface area (Å²) in [5.74, 6) is 0.608. The summed E-state index contributed by atoms with van der Waals surface area (Å²) in [5.41, 5.74) is 14.2. The molecule has 4 N–H and O–H groups in total. The van der Waals surface area contributed by atoms with Crippen LogP contribution in [-0.4, -0.2) is 11.9 Å². The lowest BCUT2D eigenvalue weighted by atomic mass is 9.80. The summed E-state index contributed by atoms with van der Waals surface area (Å²) in [4.78, 5) is 24.7. The van der Waals surface area contributed by atoms with Gasteiger partial charge in [0, 0.05) is 23.0 Å². The topological polar surface area (TPSA) is 105 Å². The Labute approximate surface area is 220 Å². The zero-order valence-electron chi connectivity index (χ0n) is 21.7. The van der Waals surface area contributed by atoms with Crippen LogP contribution in [0.4, 0.5) is 11.4 Å². The van der Waals surface area contributed by atoms with E-state index in [1.165, 1.54) is 38.2 Å². The first-order valence-corrected chi connectivity index (χ1v) is 13.4. The number of esters is 2. The molecule has 6 heteroatoms. The van der Waals surface area contributed by atoms with E-state index in [0.29, 0.717) is 22.7 Å². The minimum Gasteiger partial charge on any atom is -0.458 e. The number of ether oxygens (including phenoxy) is 2. The molecule has 1 aliphatic rings. The van der Waals surface area contributed by atoms with E-state index in [2.05, 4.69) is 6.58 Å². The Morgan fingerprint density at radius 2 is 1.68 bits per heavy atom. The van der Waals surface area contributed by atoms with E-state index in [1.807, 2.05) is 6.08 Å². The minimum absolute atomic E-state index is 0.0211. The molecule has 0 amide bonds. The highest BCUT2D eigenvalue weighted by Crippen LogP contribution is 2.33. The maximum Gasteiger partial charge on any atom is 0.331 e. The number of unbranched alkanes of at least 4 members (excludes halogenated alkanes) is 4. The second-order valence-electron chi connectivity index (χ2n) is 9.89. The molecule has 0 aliphatic heterocycles.